The highest BCUT2D eigenvalue weighted by Gasteiger charge is 2.36. The summed E-state index contributed by atoms with van der Waals surface area (Å²) in [5, 5.41) is 4.28. The van der Waals surface area contributed by atoms with Gasteiger partial charge in [0.15, 0.2) is 0 Å². The van der Waals surface area contributed by atoms with Crippen molar-refractivity contribution >= 4 is 11.6 Å². The van der Waals surface area contributed by atoms with Crippen LogP contribution in [0.4, 0.5) is 0 Å². The van der Waals surface area contributed by atoms with Crippen LogP contribution in [-0.4, -0.2) is 49.8 Å². The highest BCUT2D eigenvalue weighted by molar-refractivity contribution is 6.30. The number of piperidine rings is 1. The first-order valence-corrected chi connectivity index (χ1v) is 8.38. The molecule has 1 N–H and O–H groups in total. The fourth-order valence-corrected chi connectivity index (χ4v) is 3.87. The van der Waals surface area contributed by atoms with Gasteiger partial charge >= 0.3 is 0 Å². The molecular weight excluding hydrogens is 284 g/mol. The Morgan fingerprint density at radius 1 is 1.24 bits per heavy atom. The molecule has 2 saturated heterocycles. The van der Waals surface area contributed by atoms with Gasteiger partial charge in [0.2, 0.25) is 0 Å². The molecule has 0 aliphatic carbocycles. The molecule has 2 aliphatic rings. The van der Waals surface area contributed by atoms with Crippen LogP contribution < -0.4 is 5.32 Å². The van der Waals surface area contributed by atoms with Gasteiger partial charge in [-0.1, -0.05) is 23.7 Å². The van der Waals surface area contributed by atoms with E-state index in [1.54, 1.807) is 0 Å². The number of nitrogens with one attached hydrogen (secondary N) is 1. The number of benzene rings is 1. The monoisotopic (exact) mass is 308 g/mol. The predicted octanol–water partition coefficient (Wildman–Crippen LogP) is 2.72. The molecule has 0 radical (unpaired) electrons. The van der Waals surface area contributed by atoms with E-state index in [9.17, 15) is 0 Å². The number of halogens is 1. The molecule has 4 heteroatoms. The van der Waals surface area contributed by atoms with E-state index in [1.165, 1.54) is 18.4 Å². The molecular formula is C17H25ClN2O. The van der Waals surface area contributed by atoms with E-state index in [-0.39, 0.29) is 0 Å². The minimum atomic E-state index is 0.386. The van der Waals surface area contributed by atoms with Crippen LogP contribution in [0.3, 0.4) is 0 Å². The lowest BCUT2D eigenvalue weighted by Crippen LogP contribution is -2.46. The third-order valence-electron chi connectivity index (χ3n) is 4.91. The molecule has 2 aliphatic heterocycles. The van der Waals surface area contributed by atoms with Gasteiger partial charge in [0.05, 0.1) is 6.10 Å². The summed E-state index contributed by atoms with van der Waals surface area (Å²) in [7, 11) is 1.84. The highest BCUT2D eigenvalue weighted by atomic mass is 35.5. The minimum Gasteiger partial charge on any atom is -0.380 e. The van der Waals surface area contributed by atoms with Crippen molar-refractivity contribution < 1.29 is 4.74 Å². The van der Waals surface area contributed by atoms with Crippen molar-refractivity contribution in [3.05, 3.63) is 34.9 Å². The summed E-state index contributed by atoms with van der Waals surface area (Å²) in [6.07, 6.45) is 5.14. The molecule has 2 unspecified atom stereocenters. The van der Waals surface area contributed by atoms with Crippen molar-refractivity contribution in [1.82, 2.24) is 10.2 Å². The van der Waals surface area contributed by atoms with Gasteiger partial charge in [-0.05, 0) is 56.5 Å². The van der Waals surface area contributed by atoms with Crippen LogP contribution in [-0.2, 0) is 11.2 Å². The van der Waals surface area contributed by atoms with Crippen molar-refractivity contribution in [2.75, 3.05) is 26.7 Å². The van der Waals surface area contributed by atoms with Crippen molar-refractivity contribution in [3.63, 3.8) is 0 Å². The van der Waals surface area contributed by atoms with Crippen LogP contribution in [0.25, 0.3) is 0 Å². The lowest BCUT2D eigenvalue weighted by Gasteiger charge is -2.35. The summed E-state index contributed by atoms with van der Waals surface area (Å²) < 4.78 is 5.64. The molecule has 0 bridgehead atoms. The Hall–Kier alpha value is -0.610. The molecule has 2 heterocycles. The molecule has 0 aromatic heterocycles. The SMILES string of the molecule is COC1CC(Cc2ccc(Cl)cc2)N(C2CCNCC2)C1. The summed E-state index contributed by atoms with van der Waals surface area (Å²) in [5.74, 6) is 0. The van der Waals surface area contributed by atoms with E-state index in [2.05, 4.69) is 22.3 Å². The molecule has 2 atom stereocenters. The van der Waals surface area contributed by atoms with Crippen molar-refractivity contribution in [2.45, 2.75) is 43.9 Å². The molecule has 0 saturated carbocycles. The third kappa shape index (κ3) is 3.78. The van der Waals surface area contributed by atoms with Gasteiger partial charge in [0.25, 0.3) is 0 Å². The Bertz CT molecular complexity index is 445. The first-order valence-electron chi connectivity index (χ1n) is 8.00. The normalized spacial score (nSPS) is 28.1. The molecule has 116 valence electrons. The topological polar surface area (TPSA) is 24.5 Å². The Morgan fingerprint density at radius 2 is 1.95 bits per heavy atom. The first kappa shape index (κ1) is 15.3. The third-order valence-corrected chi connectivity index (χ3v) is 5.17. The zero-order chi connectivity index (χ0) is 14.7. The number of hydrogen-bond donors (Lipinski definition) is 1. The second-order valence-electron chi connectivity index (χ2n) is 6.26. The largest absolute Gasteiger partial charge is 0.380 e. The van der Waals surface area contributed by atoms with Gasteiger partial charge in [0, 0.05) is 30.8 Å². The van der Waals surface area contributed by atoms with E-state index in [0.717, 1.165) is 37.5 Å². The van der Waals surface area contributed by atoms with E-state index >= 15 is 0 Å². The second kappa shape index (κ2) is 7.10. The Kier molecular flexibility index (Phi) is 5.17. The average Bonchev–Trinajstić information content (AvgIpc) is 2.93. The van der Waals surface area contributed by atoms with Gasteiger partial charge in [-0.3, -0.25) is 4.90 Å². The van der Waals surface area contributed by atoms with Gasteiger partial charge in [-0.25, -0.2) is 0 Å². The van der Waals surface area contributed by atoms with Crippen LogP contribution in [0.1, 0.15) is 24.8 Å². The number of ether oxygens (including phenoxy) is 1. The summed E-state index contributed by atoms with van der Waals surface area (Å²) in [4.78, 5) is 2.70. The van der Waals surface area contributed by atoms with Gasteiger partial charge in [-0.2, -0.15) is 0 Å². The quantitative estimate of drug-likeness (QED) is 0.925. The van der Waals surface area contributed by atoms with Crippen molar-refractivity contribution in [1.29, 1.82) is 0 Å². The number of likely N-dealkylation sites (tertiary alicyclic amines) is 1. The van der Waals surface area contributed by atoms with Crippen LogP contribution in [0.2, 0.25) is 5.02 Å². The summed E-state index contributed by atoms with van der Waals surface area (Å²) in [6.45, 7) is 3.37. The predicted molar refractivity (Wildman–Crippen MR) is 87.0 cm³/mol. The maximum absolute atomic E-state index is 5.99. The molecule has 3 rings (SSSR count). The van der Waals surface area contributed by atoms with Crippen molar-refractivity contribution in [3.8, 4) is 0 Å². The molecule has 0 amide bonds. The van der Waals surface area contributed by atoms with Crippen LogP contribution in [0.15, 0.2) is 24.3 Å². The molecule has 3 nitrogen and oxygen atoms in total. The molecule has 0 spiro atoms. The van der Waals surface area contributed by atoms with Crippen LogP contribution >= 0.6 is 11.6 Å². The second-order valence-corrected chi connectivity index (χ2v) is 6.69. The lowest BCUT2D eigenvalue weighted by molar-refractivity contribution is 0.0931. The van der Waals surface area contributed by atoms with Gasteiger partial charge < -0.3 is 10.1 Å². The lowest BCUT2D eigenvalue weighted by atomic mass is 9.99. The molecule has 21 heavy (non-hydrogen) atoms. The summed E-state index contributed by atoms with van der Waals surface area (Å²) in [5.41, 5.74) is 1.38. The minimum absolute atomic E-state index is 0.386. The average molecular weight is 309 g/mol. The summed E-state index contributed by atoms with van der Waals surface area (Å²) in [6, 6.07) is 9.61. The number of hydrogen-bond acceptors (Lipinski definition) is 3. The van der Waals surface area contributed by atoms with Crippen LogP contribution in [0.5, 0.6) is 0 Å². The van der Waals surface area contributed by atoms with Gasteiger partial charge in [-0.15, -0.1) is 0 Å². The number of rotatable bonds is 4. The van der Waals surface area contributed by atoms with E-state index < -0.39 is 0 Å². The molecule has 1 aromatic rings. The zero-order valence-electron chi connectivity index (χ0n) is 12.7. The fraction of sp³-hybridized carbons (Fsp3) is 0.647. The fourth-order valence-electron chi connectivity index (χ4n) is 3.75. The maximum Gasteiger partial charge on any atom is 0.0713 e. The van der Waals surface area contributed by atoms with Crippen LogP contribution in [0, 0.1) is 0 Å². The van der Waals surface area contributed by atoms with E-state index in [0.29, 0.717) is 18.2 Å². The van der Waals surface area contributed by atoms with Gasteiger partial charge in [0.1, 0.15) is 0 Å². The smallest absolute Gasteiger partial charge is 0.0713 e. The highest BCUT2D eigenvalue weighted by Crippen LogP contribution is 2.28. The van der Waals surface area contributed by atoms with E-state index in [1.807, 2.05) is 19.2 Å². The number of methoxy groups -OCH3 is 1. The maximum atomic E-state index is 5.99. The summed E-state index contributed by atoms with van der Waals surface area (Å²) >= 11 is 5.99. The number of nitrogens with zero attached hydrogens (tertiary/aromatic N) is 1. The molecule has 1 aromatic carbocycles. The Labute approximate surface area is 132 Å². The van der Waals surface area contributed by atoms with E-state index in [4.69, 9.17) is 16.3 Å². The molecule has 2 fully saturated rings. The standard InChI is InChI=1S/C17H25ClN2O/c1-21-17-11-16(10-13-2-4-14(18)5-3-13)20(12-17)15-6-8-19-9-7-15/h2-5,15-17,19H,6-12H2,1H3. The first-order chi connectivity index (χ1) is 10.3. The Morgan fingerprint density at radius 3 is 2.62 bits per heavy atom. The van der Waals surface area contributed by atoms with Crippen molar-refractivity contribution in [2.24, 2.45) is 0 Å². The Balaban J connectivity index is 1.69. The zero-order valence-corrected chi connectivity index (χ0v) is 13.5.